The first kappa shape index (κ1) is 10.3. The molecule has 0 heterocycles. The minimum absolute atomic E-state index is 0.664. The highest BCUT2D eigenvalue weighted by Gasteiger charge is 1.86. The third-order valence-electron chi connectivity index (χ3n) is 1.03. The first-order chi connectivity index (χ1) is 5.29. The van der Waals surface area contributed by atoms with E-state index in [1.54, 1.807) is 6.08 Å². The lowest BCUT2D eigenvalue weighted by Gasteiger charge is -1.84. The van der Waals surface area contributed by atoms with Crippen LogP contribution in [0.2, 0.25) is 0 Å². The molecule has 0 atom stereocenters. The van der Waals surface area contributed by atoms with Gasteiger partial charge in [-0.3, -0.25) is 0 Å². The van der Waals surface area contributed by atoms with Crippen molar-refractivity contribution in [2.75, 3.05) is 0 Å². The Kier molecular flexibility index (Phi) is 5.64. The van der Waals surface area contributed by atoms with E-state index in [4.69, 9.17) is 11.6 Å². The molecule has 0 radical (unpaired) electrons. The summed E-state index contributed by atoms with van der Waals surface area (Å²) in [5, 5.41) is 0.664. The molecule has 0 aliphatic heterocycles. The lowest BCUT2D eigenvalue weighted by atomic mass is 10.3. The van der Waals surface area contributed by atoms with Crippen molar-refractivity contribution in [2.45, 2.75) is 20.8 Å². The molecule has 0 bridgehead atoms. The van der Waals surface area contributed by atoms with Gasteiger partial charge in [0.2, 0.25) is 0 Å². The van der Waals surface area contributed by atoms with Gasteiger partial charge in [0.25, 0.3) is 0 Å². The van der Waals surface area contributed by atoms with E-state index >= 15 is 0 Å². The van der Waals surface area contributed by atoms with Crippen LogP contribution in [0.25, 0.3) is 0 Å². The minimum Gasteiger partial charge on any atom is -0.101 e. The van der Waals surface area contributed by atoms with Crippen molar-refractivity contribution in [1.82, 2.24) is 0 Å². The van der Waals surface area contributed by atoms with Gasteiger partial charge in [0.15, 0.2) is 0 Å². The zero-order valence-corrected chi connectivity index (χ0v) is 7.94. The Bertz CT molecular complexity index is 225. The predicted molar refractivity (Wildman–Crippen MR) is 51.7 cm³/mol. The van der Waals surface area contributed by atoms with Crippen molar-refractivity contribution in [1.29, 1.82) is 0 Å². The summed E-state index contributed by atoms with van der Waals surface area (Å²) < 4.78 is 0. The molecular weight excluding hydrogens is 156 g/mol. The Hall–Kier alpha value is -0.710. The van der Waals surface area contributed by atoms with E-state index < -0.39 is 0 Å². The molecule has 11 heavy (non-hydrogen) atoms. The molecule has 1 rings (SSSR count). The predicted octanol–water partition coefficient (Wildman–Crippen LogP) is 3.81. The van der Waals surface area contributed by atoms with E-state index in [2.05, 4.69) is 5.73 Å². The molecule has 1 aliphatic carbocycles. The fraction of sp³-hybridized carbons (Fsp3) is 0.300. The first-order valence-corrected chi connectivity index (χ1v) is 4.14. The van der Waals surface area contributed by atoms with Gasteiger partial charge in [-0.15, -0.1) is 5.73 Å². The molecule has 1 heteroatoms. The van der Waals surface area contributed by atoms with E-state index in [1.807, 2.05) is 39.0 Å². The first-order valence-electron chi connectivity index (χ1n) is 3.76. The summed E-state index contributed by atoms with van der Waals surface area (Å²) in [7, 11) is 0. The molecule has 0 saturated heterocycles. The van der Waals surface area contributed by atoms with Gasteiger partial charge in [0, 0.05) is 0 Å². The van der Waals surface area contributed by atoms with Crippen LogP contribution in [0.15, 0.2) is 40.6 Å². The smallest absolute Gasteiger partial charge is 0.0827 e. The Balaban J connectivity index is 0.000000461. The average molecular weight is 169 g/mol. The van der Waals surface area contributed by atoms with Gasteiger partial charge < -0.3 is 0 Å². The molecular formula is C10H13Cl. The van der Waals surface area contributed by atoms with Gasteiger partial charge in [-0.05, 0) is 24.6 Å². The lowest BCUT2D eigenvalue weighted by molar-refractivity contribution is 1.50. The number of hydrogen-bond acceptors (Lipinski definition) is 0. The van der Waals surface area contributed by atoms with Crippen LogP contribution in [0, 0.1) is 0 Å². The van der Waals surface area contributed by atoms with Crippen molar-refractivity contribution >= 4 is 11.6 Å². The normalized spacial score (nSPS) is 14.2. The lowest BCUT2D eigenvalue weighted by Crippen LogP contribution is -1.64. The van der Waals surface area contributed by atoms with Crippen LogP contribution in [-0.2, 0) is 0 Å². The maximum atomic E-state index is 5.67. The van der Waals surface area contributed by atoms with Crippen LogP contribution in [0.1, 0.15) is 20.8 Å². The Morgan fingerprint density at radius 1 is 1.36 bits per heavy atom. The van der Waals surface area contributed by atoms with Crippen LogP contribution in [-0.4, -0.2) is 0 Å². The maximum absolute atomic E-state index is 5.67. The molecule has 0 amide bonds. The monoisotopic (exact) mass is 168 g/mol. The van der Waals surface area contributed by atoms with Gasteiger partial charge in [-0.1, -0.05) is 37.6 Å². The summed E-state index contributed by atoms with van der Waals surface area (Å²) in [5.74, 6) is 0. The average Bonchev–Trinajstić information content (AvgIpc) is 2.18. The van der Waals surface area contributed by atoms with E-state index in [0.717, 1.165) is 5.57 Å². The summed E-state index contributed by atoms with van der Waals surface area (Å²) in [6.45, 7) is 6.00. The van der Waals surface area contributed by atoms with Crippen LogP contribution < -0.4 is 0 Å². The Labute approximate surface area is 73.6 Å². The van der Waals surface area contributed by atoms with Gasteiger partial charge in [-0.25, -0.2) is 0 Å². The summed E-state index contributed by atoms with van der Waals surface area (Å²) in [4.78, 5) is 0. The van der Waals surface area contributed by atoms with Crippen LogP contribution in [0.4, 0.5) is 0 Å². The summed E-state index contributed by atoms with van der Waals surface area (Å²) in [6.07, 6.45) is 7.58. The fourth-order valence-corrected chi connectivity index (χ4v) is 0.852. The summed E-state index contributed by atoms with van der Waals surface area (Å²) in [6, 6.07) is 0. The number of halogens is 1. The second-order valence-corrected chi connectivity index (χ2v) is 2.31. The number of hydrogen-bond donors (Lipinski definition) is 0. The maximum Gasteiger partial charge on any atom is 0.0827 e. The zero-order chi connectivity index (χ0) is 8.69. The highest BCUT2D eigenvalue weighted by Crippen LogP contribution is 2.08. The standard InChI is InChI=1S/C8H7Cl.C2H6/c1-7-4-2-3-5-8(9)6-7;1-2/h2-4,6H,1H3;1-2H3. The summed E-state index contributed by atoms with van der Waals surface area (Å²) >= 11 is 5.67. The van der Waals surface area contributed by atoms with Crippen molar-refractivity contribution in [3.05, 3.63) is 40.6 Å². The number of allylic oxidation sites excluding steroid dienone is 5. The van der Waals surface area contributed by atoms with Crippen molar-refractivity contribution in [3.8, 4) is 0 Å². The molecule has 0 spiro atoms. The molecule has 0 saturated carbocycles. The Morgan fingerprint density at radius 3 is 2.64 bits per heavy atom. The van der Waals surface area contributed by atoms with Gasteiger partial charge in [0.05, 0.1) is 5.03 Å². The molecule has 0 aromatic rings. The van der Waals surface area contributed by atoms with Crippen LogP contribution in [0.5, 0.6) is 0 Å². The largest absolute Gasteiger partial charge is 0.101 e. The van der Waals surface area contributed by atoms with Crippen molar-refractivity contribution in [2.24, 2.45) is 0 Å². The van der Waals surface area contributed by atoms with E-state index in [1.165, 1.54) is 0 Å². The second kappa shape index (κ2) is 6.03. The molecule has 0 aromatic heterocycles. The quantitative estimate of drug-likeness (QED) is 0.483. The third kappa shape index (κ3) is 4.66. The highest BCUT2D eigenvalue weighted by molar-refractivity contribution is 6.31. The molecule has 0 nitrogen and oxygen atoms in total. The zero-order valence-electron chi connectivity index (χ0n) is 7.19. The molecule has 0 aromatic carbocycles. The number of rotatable bonds is 0. The van der Waals surface area contributed by atoms with E-state index in [0.29, 0.717) is 5.03 Å². The third-order valence-corrected chi connectivity index (χ3v) is 1.25. The second-order valence-electron chi connectivity index (χ2n) is 1.91. The van der Waals surface area contributed by atoms with Gasteiger partial charge in [-0.2, -0.15) is 0 Å². The van der Waals surface area contributed by atoms with Gasteiger partial charge in [0.1, 0.15) is 0 Å². The molecule has 60 valence electrons. The molecule has 1 aliphatic rings. The fourth-order valence-electron chi connectivity index (χ4n) is 0.617. The van der Waals surface area contributed by atoms with Crippen LogP contribution in [0.3, 0.4) is 0 Å². The van der Waals surface area contributed by atoms with Crippen molar-refractivity contribution in [3.63, 3.8) is 0 Å². The van der Waals surface area contributed by atoms with E-state index in [9.17, 15) is 0 Å². The van der Waals surface area contributed by atoms with Crippen molar-refractivity contribution < 1.29 is 0 Å². The van der Waals surface area contributed by atoms with Crippen LogP contribution >= 0.6 is 11.6 Å². The minimum atomic E-state index is 0.664. The summed E-state index contributed by atoms with van der Waals surface area (Å²) in [5.41, 5.74) is 4.02. The van der Waals surface area contributed by atoms with Gasteiger partial charge >= 0.3 is 0 Å². The highest BCUT2D eigenvalue weighted by atomic mass is 35.5. The Morgan fingerprint density at radius 2 is 2.00 bits per heavy atom. The SMILES string of the molecule is CC.CC1=CC(Cl)=C=CC=C1. The molecule has 0 unspecified atom stereocenters. The molecule has 0 N–H and O–H groups in total. The van der Waals surface area contributed by atoms with E-state index in [-0.39, 0.29) is 0 Å². The topological polar surface area (TPSA) is 0 Å². The molecule has 0 fully saturated rings.